The van der Waals surface area contributed by atoms with Crippen molar-refractivity contribution in [3.8, 4) is 0 Å². The summed E-state index contributed by atoms with van der Waals surface area (Å²) < 4.78 is 59.1. The summed E-state index contributed by atoms with van der Waals surface area (Å²) >= 11 is 0. The van der Waals surface area contributed by atoms with E-state index in [1.807, 2.05) is 0 Å². The summed E-state index contributed by atoms with van der Waals surface area (Å²) in [5.74, 6) is 0.00722. The second kappa shape index (κ2) is 4.41. The molecular weight excluding hydrogens is 242 g/mol. The van der Waals surface area contributed by atoms with Gasteiger partial charge in [-0.05, 0) is 20.0 Å². The number of likely N-dealkylation sites (N-methyl/N-ethyl adjacent to an activating group) is 1. The third-order valence-electron chi connectivity index (χ3n) is 2.75. The zero-order chi connectivity index (χ0) is 12.6. The standard InChI is InChI=1S/C8H14BF3NO2S/c1-7(9(10,11)12)5-13(2)8-3-4-16(14,15)6-8/h8H,1,3-6H2,2H3/q-1. The molecule has 1 heterocycles. The third-order valence-corrected chi connectivity index (χ3v) is 4.50. The monoisotopic (exact) mass is 256 g/mol. The Labute approximate surface area is 93.3 Å². The van der Waals surface area contributed by atoms with Gasteiger partial charge in [0.2, 0.25) is 0 Å². The summed E-state index contributed by atoms with van der Waals surface area (Å²) in [6.07, 6.45) is 0.400. The van der Waals surface area contributed by atoms with Crippen LogP contribution >= 0.6 is 0 Å². The number of nitrogens with zero attached hydrogens (tertiary/aromatic N) is 1. The van der Waals surface area contributed by atoms with Gasteiger partial charge in [-0.3, -0.25) is 0 Å². The average molecular weight is 256 g/mol. The third kappa shape index (κ3) is 3.52. The molecule has 16 heavy (non-hydrogen) atoms. The largest absolute Gasteiger partial charge is 0.506 e. The average Bonchev–Trinajstić information content (AvgIpc) is 2.44. The van der Waals surface area contributed by atoms with Crippen molar-refractivity contribution in [1.29, 1.82) is 0 Å². The lowest BCUT2D eigenvalue weighted by Crippen LogP contribution is -2.37. The first-order chi connectivity index (χ1) is 7.12. The molecule has 1 rings (SSSR count). The van der Waals surface area contributed by atoms with Crippen molar-refractivity contribution in [2.45, 2.75) is 12.5 Å². The molecule has 0 aromatic rings. The Bertz CT molecular complexity index is 379. The summed E-state index contributed by atoms with van der Waals surface area (Å²) in [6, 6.07) is -0.320. The van der Waals surface area contributed by atoms with E-state index in [-0.39, 0.29) is 24.1 Å². The molecule has 1 unspecified atom stereocenters. The first-order valence-electron chi connectivity index (χ1n) is 4.90. The molecule has 1 atom stereocenters. The van der Waals surface area contributed by atoms with E-state index in [1.54, 1.807) is 0 Å². The fraction of sp³-hybridized carbons (Fsp3) is 0.750. The van der Waals surface area contributed by atoms with Crippen molar-refractivity contribution in [2.75, 3.05) is 25.1 Å². The number of sulfone groups is 1. The van der Waals surface area contributed by atoms with Crippen LogP contribution in [0, 0.1) is 0 Å². The Balaban J connectivity index is 2.55. The number of halogens is 3. The highest BCUT2D eigenvalue weighted by molar-refractivity contribution is 7.91. The van der Waals surface area contributed by atoms with Gasteiger partial charge < -0.3 is 17.8 Å². The smallest absolute Gasteiger partial charge is 0.445 e. The molecule has 0 N–H and O–H groups in total. The maximum Gasteiger partial charge on any atom is 0.506 e. The Morgan fingerprint density at radius 1 is 1.50 bits per heavy atom. The van der Waals surface area contributed by atoms with Gasteiger partial charge in [0.15, 0.2) is 9.84 Å². The van der Waals surface area contributed by atoms with E-state index in [0.717, 1.165) is 0 Å². The molecule has 0 aliphatic carbocycles. The van der Waals surface area contributed by atoms with E-state index in [2.05, 4.69) is 6.58 Å². The van der Waals surface area contributed by atoms with Crippen molar-refractivity contribution in [3.63, 3.8) is 0 Å². The second-order valence-corrected chi connectivity index (χ2v) is 6.43. The maximum atomic E-state index is 12.3. The molecule has 1 fully saturated rings. The molecule has 1 saturated heterocycles. The van der Waals surface area contributed by atoms with Crippen LogP contribution in [0.25, 0.3) is 0 Å². The van der Waals surface area contributed by atoms with Crippen molar-refractivity contribution in [1.82, 2.24) is 4.90 Å². The summed E-state index contributed by atoms with van der Waals surface area (Å²) in [7, 11) is -1.56. The zero-order valence-corrected chi connectivity index (χ0v) is 9.81. The Morgan fingerprint density at radius 3 is 2.44 bits per heavy atom. The Hall–Kier alpha value is -0.495. The molecule has 0 saturated carbocycles. The summed E-state index contributed by atoms with van der Waals surface area (Å²) in [5, 5.41) is 0. The van der Waals surface area contributed by atoms with Crippen LogP contribution in [0.3, 0.4) is 0 Å². The molecule has 3 nitrogen and oxygen atoms in total. The van der Waals surface area contributed by atoms with Crippen LogP contribution < -0.4 is 0 Å². The van der Waals surface area contributed by atoms with E-state index < -0.39 is 22.3 Å². The van der Waals surface area contributed by atoms with Gasteiger partial charge in [-0.15, -0.1) is 12.1 Å². The van der Waals surface area contributed by atoms with Gasteiger partial charge >= 0.3 is 6.98 Å². The van der Waals surface area contributed by atoms with E-state index in [9.17, 15) is 21.4 Å². The minimum Gasteiger partial charge on any atom is -0.445 e. The molecule has 0 bridgehead atoms. The van der Waals surface area contributed by atoms with Gasteiger partial charge in [-0.1, -0.05) is 0 Å². The summed E-state index contributed by atoms with van der Waals surface area (Å²) in [5.41, 5.74) is -0.785. The lowest BCUT2D eigenvalue weighted by molar-refractivity contribution is 0.282. The number of rotatable bonds is 4. The van der Waals surface area contributed by atoms with E-state index in [0.29, 0.717) is 6.42 Å². The molecule has 1 aliphatic heterocycles. The molecule has 1 aliphatic rings. The summed E-state index contributed by atoms with van der Waals surface area (Å²) in [6.45, 7) is -2.36. The number of hydrogen-bond acceptors (Lipinski definition) is 3. The first-order valence-corrected chi connectivity index (χ1v) is 6.72. The highest BCUT2D eigenvalue weighted by Gasteiger charge is 2.33. The van der Waals surface area contributed by atoms with Crippen LogP contribution in [0.1, 0.15) is 6.42 Å². The molecule has 94 valence electrons. The van der Waals surface area contributed by atoms with Crippen LogP contribution in [-0.4, -0.2) is 51.4 Å². The van der Waals surface area contributed by atoms with Crippen LogP contribution in [0.2, 0.25) is 0 Å². The highest BCUT2D eigenvalue weighted by Crippen LogP contribution is 2.22. The molecule has 8 heteroatoms. The van der Waals surface area contributed by atoms with Gasteiger partial charge in [0, 0.05) is 6.04 Å². The predicted octanol–water partition coefficient (Wildman–Crippen LogP) is 1.05. The van der Waals surface area contributed by atoms with Crippen molar-refractivity contribution in [3.05, 3.63) is 12.1 Å². The quantitative estimate of drug-likeness (QED) is 0.705. The molecule has 0 aromatic heterocycles. The fourth-order valence-electron chi connectivity index (χ4n) is 1.68. The van der Waals surface area contributed by atoms with Crippen LogP contribution in [-0.2, 0) is 9.84 Å². The van der Waals surface area contributed by atoms with Gasteiger partial charge in [0.25, 0.3) is 0 Å². The van der Waals surface area contributed by atoms with Crippen molar-refractivity contribution >= 4 is 16.8 Å². The minimum absolute atomic E-state index is 0.0539. The topological polar surface area (TPSA) is 37.4 Å². The lowest BCUT2D eigenvalue weighted by Gasteiger charge is -2.28. The first kappa shape index (κ1) is 13.6. The van der Waals surface area contributed by atoms with E-state index in [1.165, 1.54) is 11.9 Å². The fourth-order valence-corrected chi connectivity index (χ4v) is 3.48. The second-order valence-electron chi connectivity index (χ2n) is 4.20. The van der Waals surface area contributed by atoms with Crippen molar-refractivity contribution in [2.24, 2.45) is 0 Å². The van der Waals surface area contributed by atoms with Gasteiger partial charge in [-0.25, -0.2) is 8.42 Å². The lowest BCUT2D eigenvalue weighted by atomic mass is 9.80. The van der Waals surface area contributed by atoms with Crippen LogP contribution in [0.4, 0.5) is 12.9 Å². The predicted molar refractivity (Wildman–Crippen MR) is 57.9 cm³/mol. The van der Waals surface area contributed by atoms with Gasteiger partial charge in [-0.2, -0.15) is 0 Å². The summed E-state index contributed by atoms with van der Waals surface area (Å²) in [4.78, 5) is 1.42. The normalized spacial score (nSPS) is 24.9. The molecule has 0 amide bonds. The zero-order valence-electron chi connectivity index (χ0n) is 9.00. The molecule has 0 aromatic carbocycles. The molecular formula is C8H14BF3NO2S-. The Morgan fingerprint density at radius 2 is 2.06 bits per heavy atom. The number of hydrogen-bond donors (Lipinski definition) is 0. The SMILES string of the molecule is C=C(CN(C)C1CCS(=O)(=O)C1)[B-](F)(F)F. The highest BCUT2D eigenvalue weighted by atomic mass is 32.2. The van der Waals surface area contributed by atoms with Crippen LogP contribution in [0.5, 0.6) is 0 Å². The maximum absolute atomic E-state index is 12.3. The van der Waals surface area contributed by atoms with E-state index in [4.69, 9.17) is 0 Å². The Kier molecular flexibility index (Phi) is 3.74. The minimum atomic E-state index is -5.03. The van der Waals surface area contributed by atoms with Gasteiger partial charge in [0.1, 0.15) is 0 Å². The van der Waals surface area contributed by atoms with Crippen molar-refractivity contribution < 1.29 is 21.4 Å². The van der Waals surface area contributed by atoms with E-state index >= 15 is 0 Å². The van der Waals surface area contributed by atoms with Gasteiger partial charge in [0.05, 0.1) is 11.5 Å². The molecule has 0 spiro atoms. The molecule has 0 radical (unpaired) electrons. The van der Waals surface area contributed by atoms with Crippen LogP contribution in [0.15, 0.2) is 12.1 Å².